The number of nitrogens with zero attached hydrogens (tertiary/aromatic N) is 3. The number of hydrogen-bond acceptors (Lipinski definition) is 4. The lowest BCUT2D eigenvalue weighted by Gasteiger charge is -2.01. The zero-order chi connectivity index (χ0) is 13.2. The van der Waals surface area contributed by atoms with Gasteiger partial charge in [0, 0.05) is 11.8 Å². The van der Waals surface area contributed by atoms with Gasteiger partial charge in [-0.05, 0) is 24.6 Å². The molecule has 2 heterocycles. The Kier molecular flexibility index (Phi) is 2.87. The predicted molar refractivity (Wildman–Crippen MR) is 73.1 cm³/mol. The van der Waals surface area contributed by atoms with Gasteiger partial charge in [-0.25, -0.2) is 0 Å². The van der Waals surface area contributed by atoms with Gasteiger partial charge in [-0.1, -0.05) is 34.9 Å². The van der Waals surface area contributed by atoms with Gasteiger partial charge < -0.3 is 4.52 Å². The Labute approximate surface area is 111 Å². The summed E-state index contributed by atoms with van der Waals surface area (Å²) >= 11 is 0. The zero-order valence-electron chi connectivity index (χ0n) is 10.4. The zero-order valence-corrected chi connectivity index (χ0v) is 10.4. The summed E-state index contributed by atoms with van der Waals surface area (Å²) < 4.78 is 5.28. The molecule has 0 aliphatic rings. The molecule has 3 rings (SSSR count). The summed E-state index contributed by atoms with van der Waals surface area (Å²) in [4.78, 5) is 8.54. The van der Waals surface area contributed by atoms with Crippen molar-refractivity contribution in [2.24, 2.45) is 0 Å². The minimum atomic E-state index is 0.449. The van der Waals surface area contributed by atoms with Crippen LogP contribution in [0.5, 0.6) is 0 Å². The molecule has 0 spiro atoms. The van der Waals surface area contributed by atoms with Crippen molar-refractivity contribution in [1.29, 1.82) is 0 Å². The molecular weight excluding hydrogens is 237 g/mol. The molecule has 0 unspecified atom stereocenters. The van der Waals surface area contributed by atoms with Gasteiger partial charge in [0.15, 0.2) is 0 Å². The first-order chi connectivity index (χ1) is 9.24. The van der Waals surface area contributed by atoms with Crippen molar-refractivity contribution in [3.8, 4) is 23.0 Å². The first-order valence-corrected chi connectivity index (χ1v) is 5.85. The van der Waals surface area contributed by atoms with E-state index in [2.05, 4.69) is 15.1 Å². The summed E-state index contributed by atoms with van der Waals surface area (Å²) in [7, 11) is 5.78. The van der Waals surface area contributed by atoms with Crippen molar-refractivity contribution in [3.05, 3.63) is 48.2 Å². The highest BCUT2D eigenvalue weighted by Gasteiger charge is 2.12. The Balaban J connectivity index is 2.04. The molecule has 5 heteroatoms. The fourth-order valence-electron chi connectivity index (χ4n) is 1.80. The molecule has 0 saturated heterocycles. The van der Waals surface area contributed by atoms with E-state index < -0.39 is 0 Å². The van der Waals surface area contributed by atoms with Crippen LogP contribution in [0.2, 0.25) is 0 Å². The molecule has 90 valence electrons. The third-order valence-corrected chi connectivity index (χ3v) is 2.81. The van der Waals surface area contributed by atoms with E-state index in [1.807, 2.05) is 43.3 Å². The molecule has 0 saturated carbocycles. The second-order valence-electron chi connectivity index (χ2n) is 4.21. The van der Waals surface area contributed by atoms with Crippen LogP contribution >= 0.6 is 0 Å². The average Bonchev–Trinajstić information content (AvgIpc) is 2.92. The third-order valence-electron chi connectivity index (χ3n) is 2.81. The summed E-state index contributed by atoms with van der Waals surface area (Å²) in [6, 6.07) is 11.1. The molecule has 19 heavy (non-hydrogen) atoms. The van der Waals surface area contributed by atoms with Crippen LogP contribution < -0.4 is 5.46 Å². The largest absolute Gasteiger partial charge is 0.334 e. The number of benzene rings is 1. The van der Waals surface area contributed by atoms with Crippen LogP contribution in [0, 0.1) is 6.92 Å². The summed E-state index contributed by atoms with van der Waals surface area (Å²) in [6.45, 7) is 1.97. The maximum absolute atomic E-state index is 5.78. The van der Waals surface area contributed by atoms with E-state index in [-0.39, 0.29) is 0 Å². The maximum atomic E-state index is 5.78. The lowest BCUT2D eigenvalue weighted by molar-refractivity contribution is 0.432. The lowest BCUT2D eigenvalue weighted by Crippen LogP contribution is -2.02. The molecule has 2 aromatic heterocycles. The van der Waals surface area contributed by atoms with E-state index in [0.29, 0.717) is 22.9 Å². The normalized spacial score (nSPS) is 10.6. The van der Waals surface area contributed by atoms with Crippen LogP contribution in [-0.2, 0) is 0 Å². The van der Waals surface area contributed by atoms with Crippen LogP contribution in [0.1, 0.15) is 5.56 Å². The van der Waals surface area contributed by atoms with Gasteiger partial charge in [0.2, 0.25) is 5.82 Å². The molecule has 4 nitrogen and oxygen atoms in total. The monoisotopic (exact) mass is 247 g/mol. The SMILES string of the molecule is [B]c1ccc(C)c(-c2nc(-c3ccccn3)no2)c1. The van der Waals surface area contributed by atoms with Gasteiger partial charge in [-0.2, -0.15) is 4.98 Å². The summed E-state index contributed by atoms with van der Waals surface area (Å²) in [5.74, 6) is 0.919. The molecule has 0 fully saturated rings. The summed E-state index contributed by atoms with van der Waals surface area (Å²) in [5, 5.41) is 3.94. The van der Waals surface area contributed by atoms with E-state index in [0.717, 1.165) is 11.1 Å². The van der Waals surface area contributed by atoms with E-state index in [9.17, 15) is 0 Å². The molecule has 0 aliphatic carbocycles. The molecule has 3 aromatic rings. The molecule has 0 N–H and O–H groups in total. The van der Waals surface area contributed by atoms with Gasteiger partial charge in [0.25, 0.3) is 5.89 Å². The highest BCUT2D eigenvalue weighted by atomic mass is 16.5. The number of aromatic nitrogens is 3. The minimum Gasteiger partial charge on any atom is -0.334 e. The topological polar surface area (TPSA) is 51.8 Å². The molecule has 0 aliphatic heterocycles. The third kappa shape index (κ3) is 2.27. The number of aryl methyl sites for hydroxylation is 1. The highest BCUT2D eigenvalue weighted by molar-refractivity contribution is 6.32. The first kappa shape index (κ1) is 11.7. The van der Waals surface area contributed by atoms with E-state index in [1.165, 1.54) is 0 Å². The molecule has 0 bridgehead atoms. The second kappa shape index (κ2) is 4.68. The molecule has 0 amide bonds. The van der Waals surface area contributed by atoms with Crippen LogP contribution in [-0.4, -0.2) is 23.0 Å². The first-order valence-electron chi connectivity index (χ1n) is 5.85. The van der Waals surface area contributed by atoms with Gasteiger partial charge in [0.05, 0.1) is 0 Å². The fraction of sp³-hybridized carbons (Fsp3) is 0.0714. The lowest BCUT2D eigenvalue weighted by atomic mass is 9.92. The molecule has 0 atom stereocenters. The van der Waals surface area contributed by atoms with Crippen LogP contribution in [0.3, 0.4) is 0 Å². The van der Waals surface area contributed by atoms with Crippen LogP contribution in [0.25, 0.3) is 23.0 Å². The van der Waals surface area contributed by atoms with Gasteiger partial charge >= 0.3 is 0 Å². The highest BCUT2D eigenvalue weighted by Crippen LogP contribution is 2.22. The summed E-state index contributed by atoms with van der Waals surface area (Å²) in [5.41, 5.74) is 3.22. The van der Waals surface area contributed by atoms with Crippen molar-refractivity contribution in [1.82, 2.24) is 15.1 Å². The van der Waals surface area contributed by atoms with Crippen molar-refractivity contribution in [2.45, 2.75) is 6.92 Å². The molecule has 1 aromatic carbocycles. The molecule has 2 radical (unpaired) electrons. The molecular formula is C14H10BN3O. The van der Waals surface area contributed by atoms with E-state index in [4.69, 9.17) is 12.4 Å². The Morgan fingerprint density at radius 3 is 2.84 bits per heavy atom. The number of rotatable bonds is 2. The Hall–Kier alpha value is -2.43. The maximum Gasteiger partial charge on any atom is 0.258 e. The van der Waals surface area contributed by atoms with Crippen LogP contribution in [0.15, 0.2) is 47.1 Å². The van der Waals surface area contributed by atoms with Crippen molar-refractivity contribution >= 4 is 13.3 Å². The van der Waals surface area contributed by atoms with Gasteiger partial charge in [0.1, 0.15) is 13.5 Å². The standard InChI is InChI=1S/C14H10BN3O/c1-9-5-6-10(15)8-11(9)14-17-13(18-19-14)12-4-2-3-7-16-12/h2-8H,1H3. The number of hydrogen-bond donors (Lipinski definition) is 0. The second-order valence-corrected chi connectivity index (χ2v) is 4.21. The van der Waals surface area contributed by atoms with Gasteiger partial charge in [-0.3, -0.25) is 4.98 Å². The predicted octanol–water partition coefficient (Wildman–Crippen LogP) is 1.90. The van der Waals surface area contributed by atoms with E-state index in [1.54, 1.807) is 6.20 Å². The Morgan fingerprint density at radius 1 is 1.16 bits per heavy atom. The summed E-state index contributed by atoms with van der Waals surface area (Å²) in [6.07, 6.45) is 1.69. The van der Waals surface area contributed by atoms with Crippen molar-refractivity contribution in [2.75, 3.05) is 0 Å². The average molecular weight is 247 g/mol. The van der Waals surface area contributed by atoms with Gasteiger partial charge in [-0.15, -0.1) is 0 Å². The van der Waals surface area contributed by atoms with Crippen molar-refractivity contribution < 1.29 is 4.52 Å². The van der Waals surface area contributed by atoms with E-state index >= 15 is 0 Å². The smallest absolute Gasteiger partial charge is 0.258 e. The Bertz CT molecular complexity index is 710. The number of pyridine rings is 1. The van der Waals surface area contributed by atoms with Crippen LogP contribution in [0.4, 0.5) is 0 Å². The minimum absolute atomic E-state index is 0.449. The quantitative estimate of drug-likeness (QED) is 0.649. The van der Waals surface area contributed by atoms with Crippen molar-refractivity contribution in [3.63, 3.8) is 0 Å². The fourth-order valence-corrected chi connectivity index (χ4v) is 1.80. The Morgan fingerprint density at radius 2 is 2.05 bits per heavy atom.